The van der Waals surface area contributed by atoms with E-state index in [0.29, 0.717) is 18.8 Å². The Kier molecular flexibility index (Phi) is 4.09. The Morgan fingerprint density at radius 1 is 1.27 bits per heavy atom. The van der Waals surface area contributed by atoms with E-state index in [9.17, 15) is 9.18 Å². The van der Waals surface area contributed by atoms with E-state index in [1.807, 2.05) is 18.2 Å². The van der Waals surface area contributed by atoms with Crippen molar-refractivity contribution in [1.82, 2.24) is 0 Å². The van der Waals surface area contributed by atoms with Gasteiger partial charge in [0.25, 0.3) is 0 Å². The van der Waals surface area contributed by atoms with Crippen molar-refractivity contribution in [3.63, 3.8) is 0 Å². The fourth-order valence-electron chi connectivity index (χ4n) is 2.89. The van der Waals surface area contributed by atoms with Crippen molar-refractivity contribution in [2.24, 2.45) is 0 Å². The minimum atomic E-state index is -0.482. The van der Waals surface area contributed by atoms with E-state index in [1.165, 1.54) is 13.0 Å². The lowest BCUT2D eigenvalue weighted by Crippen LogP contribution is -2.21. The van der Waals surface area contributed by atoms with Crippen LogP contribution in [0.15, 0.2) is 42.5 Å². The number of rotatable bonds is 4. The minimum Gasteiger partial charge on any atom is -0.493 e. The molecule has 1 unspecified atom stereocenters. The van der Waals surface area contributed by atoms with Crippen LogP contribution in [0.1, 0.15) is 35.2 Å². The van der Waals surface area contributed by atoms with Gasteiger partial charge in [-0.2, -0.15) is 0 Å². The van der Waals surface area contributed by atoms with E-state index >= 15 is 0 Å². The van der Waals surface area contributed by atoms with Crippen LogP contribution in [0.3, 0.4) is 0 Å². The maximum atomic E-state index is 13.8. The summed E-state index contributed by atoms with van der Waals surface area (Å²) in [4.78, 5) is 11.6. The maximum absolute atomic E-state index is 13.8. The lowest BCUT2D eigenvalue weighted by Gasteiger charge is -2.26. The summed E-state index contributed by atoms with van der Waals surface area (Å²) in [5, 5.41) is 3.23. The summed E-state index contributed by atoms with van der Waals surface area (Å²) in [6.45, 7) is 2.70. The Hall–Kier alpha value is -2.36. The van der Waals surface area contributed by atoms with Crippen LogP contribution in [0, 0.1) is 5.82 Å². The number of fused-ring (bicyclic) bond motifs is 1. The van der Waals surface area contributed by atoms with Gasteiger partial charge in [0.15, 0.2) is 5.78 Å². The number of anilines is 1. The van der Waals surface area contributed by atoms with Gasteiger partial charge in [-0.15, -0.1) is 0 Å². The van der Waals surface area contributed by atoms with Gasteiger partial charge in [-0.3, -0.25) is 4.79 Å². The van der Waals surface area contributed by atoms with Gasteiger partial charge < -0.3 is 10.1 Å². The molecule has 4 heteroatoms. The van der Waals surface area contributed by atoms with Crippen LogP contribution in [0.4, 0.5) is 10.1 Å². The highest BCUT2D eigenvalue weighted by molar-refractivity contribution is 5.99. The third-order valence-electron chi connectivity index (χ3n) is 3.99. The zero-order valence-corrected chi connectivity index (χ0v) is 12.4. The molecule has 0 aromatic heterocycles. The van der Waals surface area contributed by atoms with Gasteiger partial charge in [-0.05, 0) is 37.1 Å². The van der Waals surface area contributed by atoms with Gasteiger partial charge in [0, 0.05) is 18.2 Å². The van der Waals surface area contributed by atoms with Crippen molar-refractivity contribution in [3.8, 4) is 5.75 Å². The first-order valence-corrected chi connectivity index (χ1v) is 7.42. The van der Waals surface area contributed by atoms with Gasteiger partial charge in [-0.1, -0.05) is 24.3 Å². The summed E-state index contributed by atoms with van der Waals surface area (Å²) >= 11 is 0. The van der Waals surface area contributed by atoms with Crippen molar-refractivity contribution >= 4 is 11.5 Å². The molecule has 0 fully saturated rings. The largest absolute Gasteiger partial charge is 0.493 e. The van der Waals surface area contributed by atoms with E-state index < -0.39 is 5.82 Å². The monoisotopic (exact) mass is 299 g/mol. The van der Waals surface area contributed by atoms with Crippen LogP contribution in [0.5, 0.6) is 5.75 Å². The topological polar surface area (TPSA) is 38.3 Å². The first-order chi connectivity index (χ1) is 10.7. The normalized spacial score (nSPS) is 16.5. The van der Waals surface area contributed by atoms with Crippen LogP contribution >= 0.6 is 0 Å². The second kappa shape index (κ2) is 6.18. The van der Waals surface area contributed by atoms with Gasteiger partial charge >= 0.3 is 0 Å². The molecule has 1 aliphatic rings. The van der Waals surface area contributed by atoms with Crippen LogP contribution in [0.25, 0.3) is 0 Å². The average Bonchev–Trinajstić information content (AvgIpc) is 2.52. The highest BCUT2D eigenvalue weighted by Gasteiger charge is 2.21. The molecular weight excluding hydrogens is 281 g/mol. The first kappa shape index (κ1) is 14.6. The SMILES string of the molecule is CC(=O)c1c(F)cccc1NCC1CCOc2ccccc21. The highest BCUT2D eigenvalue weighted by atomic mass is 19.1. The Morgan fingerprint density at radius 3 is 2.91 bits per heavy atom. The molecule has 22 heavy (non-hydrogen) atoms. The molecule has 1 N–H and O–H groups in total. The summed E-state index contributed by atoms with van der Waals surface area (Å²) < 4.78 is 19.5. The third-order valence-corrected chi connectivity index (χ3v) is 3.99. The summed E-state index contributed by atoms with van der Waals surface area (Å²) in [6, 6.07) is 12.6. The molecule has 0 radical (unpaired) electrons. The van der Waals surface area contributed by atoms with E-state index in [0.717, 1.165) is 17.7 Å². The molecule has 1 heterocycles. The molecule has 0 aliphatic carbocycles. The van der Waals surface area contributed by atoms with Gasteiger partial charge in [0.05, 0.1) is 12.2 Å². The fraction of sp³-hybridized carbons (Fsp3) is 0.278. The maximum Gasteiger partial charge on any atom is 0.164 e. The Morgan fingerprint density at radius 2 is 2.09 bits per heavy atom. The van der Waals surface area contributed by atoms with E-state index in [-0.39, 0.29) is 17.3 Å². The minimum absolute atomic E-state index is 0.128. The number of halogens is 1. The second-order valence-electron chi connectivity index (χ2n) is 5.47. The molecular formula is C18H18FNO2. The van der Waals surface area contributed by atoms with Gasteiger partial charge in [0.2, 0.25) is 0 Å². The number of carbonyl (C=O) groups is 1. The standard InChI is InChI=1S/C18H18FNO2/c1-12(21)18-15(19)6-4-7-16(18)20-11-13-9-10-22-17-8-3-2-5-14(13)17/h2-8,13,20H,9-11H2,1H3. The summed E-state index contributed by atoms with van der Waals surface area (Å²) in [7, 11) is 0. The molecule has 3 nitrogen and oxygen atoms in total. The molecule has 2 aromatic rings. The smallest absolute Gasteiger partial charge is 0.164 e. The van der Waals surface area contributed by atoms with Crippen molar-refractivity contribution in [2.45, 2.75) is 19.3 Å². The predicted molar refractivity (Wildman–Crippen MR) is 84.2 cm³/mol. The van der Waals surface area contributed by atoms with Crippen LogP contribution in [-0.2, 0) is 0 Å². The van der Waals surface area contributed by atoms with Crippen molar-refractivity contribution in [2.75, 3.05) is 18.5 Å². The molecule has 3 rings (SSSR count). The quantitative estimate of drug-likeness (QED) is 0.867. The van der Waals surface area contributed by atoms with E-state index in [4.69, 9.17) is 4.74 Å². The number of ether oxygens (including phenoxy) is 1. The molecule has 0 saturated heterocycles. The Bertz CT molecular complexity index is 699. The number of ketones is 1. The van der Waals surface area contributed by atoms with E-state index in [2.05, 4.69) is 11.4 Å². The van der Waals surface area contributed by atoms with Crippen molar-refractivity contribution in [1.29, 1.82) is 0 Å². The molecule has 2 aromatic carbocycles. The number of benzene rings is 2. The molecule has 114 valence electrons. The number of hydrogen-bond acceptors (Lipinski definition) is 3. The summed E-state index contributed by atoms with van der Waals surface area (Å²) in [5.74, 6) is 0.442. The summed E-state index contributed by atoms with van der Waals surface area (Å²) in [5.41, 5.74) is 1.83. The van der Waals surface area contributed by atoms with Crippen LogP contribution in [-0.4, -0.2) is 18.9 Å². The van der Waals surface area contributed by atoms with Crippen molar-refractivity contribution < 1.29 is 13.9 Å². The van der Waals surface area contributed by atoms with Crippen LogP contribution < -0.4 is 10.1 Å². The number of carbonyl (C=O) groups excluding carboxylic acids is 1. The lowest BCUT2D eigenvalue weighted by molar-refractivity contribution is 0.101. The number of Topliss-reactive ketones (excluding diaryl/α,β-unsaturated/α-hetero) is 1. The Balaban J connectivity index is 1.80. The summed E-state index contributed by atoms with van der Waals surface area (Å²) in [6.07, 6.45) is 0.898. The number of para-hydroxylation sites is 1. The van der Waals surface area contributed by atoms with E-state index in [1.54, 1.807) is 12.1 Å². The average molecular weight is 299 g/mol. The zero-order chi connectivity index (χ0) is 15.5. The zero-order valence-electron chi connectivity index (χ0n) is 12.4. The van der Waals surface area contributed by atoms with Gasteiger partial charge in [-0.25, -0.2) is 4.39 Å². The fourth-order valence-corrected chi connectivity index (χ4v) is 2.89. The molecule has 0 bridgehead atoms. The molecule has 0 spiro atoms. The molecule has 0 amide bonds. The predicted octanol–water partition coefficient (Wildman–Crippen LogP) is 4.01. The van der Waals surface area contributed by atoms with Gasteiger partial charge in [0.1, 0.15) is 11.6 Å². The van der Waals surface area contributed by atoms with Crippen molar-refractivity contribution in [3.05, 3.63) is 59.4 Å². The molecule has 1 atom stereocenters. The second-order valence-corrected chi connectivity index (χ2v) is 5.47. The first-order valence-electron chi connectivity index (χ1n) is 7.42. The van der Waals surface area contributed by atoms with Crippen LogP contribution in [0.2, 0.25) is 0 Å². The highest BCUT2D eigenvalue weighted by Crippen LogP contribution is 2.33. The molecule has 1 aliphatic heterocycles. The number of hydrogen-bond donors (Lipinski definition) is 1. The number of nitrogens with one attached hydrogen (secondary N) is 1. The third kappa shape index (κ3) is 2.82. The molecule has 0 saturated carbocycles. The Labute approximate surface area is 129 Å². The lowest BCUT2D eigenvalue weighted by atomic mass is 9.93.